The van der Waals surface area contributed by atoms with E-state index < -0.39 is 4.92 Å². The molecule has 0 aliphatic heterocycles. The lowest BCUT2D eigenvalue weighted by atomic mass is 10.00. The number of benzene rings is 1. The Balaban J connectivity index is 3.44. The lowest BCUT2D eigenvalue weighted by Gasteiger charge is -2.06. The number of nitro benzene ring substituents is 1. The minimum Gasteiger partial charge on any atom is -0.305 e. The Morgan fingerprint density at radius 1 is 1.62 bits per heavy atom. The van der Waals surface area contributed by atoms with Crippen molar-refractivity contribution in [1.29, 1.82) is 5.41 Å². The van der Waals surface area contributed by atoms with Crippen LogP contribution in [0.15, 0.2) is 23.7 Å². The first-order valence-electron chi connectivity index (χ1n) is 4.73. The Hall–Kier alpha value is -1.68. The molecular weight excluding hydrogens is 228 g/mol. The number of nitrogens with one attached hydrogen (secondary N) is 1. The summed E-state index contributed by atoms with van der Waals surface area (Å²) in [5.41, 5.74) is 2.47. The zero-order valence-electron chi connectivity index (χ0n) is 8.74. The molecule has 0 radical (unpaired) electrons. The molecule has 1 aromatic carbocycles. The fourth-order valence-corrected chi connectivity index (χ4v) is 1.53. The molecule has 1 N–H and O–H groups in total. The first-order chi connectivity index (χ1) is 7.61. The molecule has 16 heavy (non-hydrogen) atoms. The number of nitro groups is 1. The Bertz CT molecular complexity index is 455. The number of hydrogen-bond donors (Lipinski definition) is 1. The summed E-state index contributed by atoms with van der Waals surface area (Å²) >= 11 is 5.46. The molecule has 0 bridgehead atoms. The smallest absolute Gasteiger partial charge is 0.277 e. The zero-order valence-corrected chi connectivity index (χ0v) is 9.49. The van der Waals surface area contributed by atoms with Gasteiger partial charge in [-0.15, -0.1) is 0 Å². The molecule has 0 amide bonds. The van der Waals surface area contributed by atoms with Gasteiger partial charge in [-0.3, -0.25) is 10.1 Å². The van der Waals surface area contributed by atoms with E-state index in [1.165, 1.54) is 17.7 Å². The van der Waals surface area contributed by atoms with Gasteiger partial charge in [-0.25, -0.2) is 0 Å². The number of hydrogen-bond acceptors (Lipinski definition) is 3. The van der Waals surface area contributed by atoms with E-state index in [1.54, 1.807) is 12.1 Å². The number of halogens is 1. The van der Waals surface area contributed by atoms with E-state index >= 15 is 0 Å². The summed E-state index contributed by atoms with van der Waals surface area (Å²) in [7, 11) is 0. The molecule has 0 aliphatic rings. The van der Waals surface area contributed by atoms with Crippen LogP contribution in [0.25, 0.3) is 6.08 Å². The third-order valence-electron chi connectivity index (χ3n) is 2.19. The SMILES string of the molecule is CCC(=N)c1cccc([N+](=O)[O-])c1/C=C/Cl. The summed E-state index contributed by atoms with van der Waals surface area (Å²) in [6, 6.07) is 4.66. The Morgan fingerprint density at radius 3 is 2.81 bits per heavy atom. The van der Waals surface area contributed by atoms with E-state index in [1.807, 2.05) is 6.92 Å². The van der Waals surface area contributed by atoms with Crippen LogP contribution in [0.2, 0.25) is 0 Å². The van der Waals surface area contributed by atoms with Crippen molar-refractivity contribution in [2.24, 2.45) is 0 Å². The maximum absolute atomic E-state index is 10.8. The number of nitrogens with zero attached hydrogens (tertiary/aromatic N) is 1. The molecule has 1 aromatic rings. The average molecular weight is 239 g/mol. The van der Waals surface area contributed by atoms with Gasteiger partial charge in [-0.1, -0.05) is 30.7 Å². The second-order valence-corrected chi connectivity index (χ2v) is 3.37. The second-order valence-electron chi connectivity index (χ2n) is 3.12. The fourth-order valence-electron chi connectivity index (χ4n) is 1.40. The van der Waals surface area contributed by atoms with Gasteiger partial charge >= 0.3 is 0 Å². The second kappa shape index (κ2) is 5.42. The lowest BCUT2D eigenvalue weighted by molar-refractivity contribution is -0.385. The molecule has 0 spiro atoms. The highest BCUT2D eigenvalue weighted by Crippen LogP contribution is 2.25. The van der Waals surface area contributed by atoms with Crippen LogP contribution in [0.1, 0.15) is 24.5 Å². The maximum Gasteiger partial charge on any atom is 0.277 e. The molecule has 5 heteroatoms. The Labute approximate surface area is 98.2 Å². The molecule has 0 saturated heterocycles. The molecule has 0 fully saturated rings. The van der Waals surface area contributed by atoms with Crippen LogP contribution < -0.4 is 0 Å². The predicted octanol–water partition coefficient (Wildman–Crippen LogP) is 3.58. The third kappa shape index (κ3) is 2.46. The third-order valence-corrected chi connectivity index (χ3v) is 2.31. The predicted molar refractivity (Wildman–Crippen MR) is 65.1 cm³/mol. The van der Waals surface area contributed by atoms with Crippen molar-refractivity contribution < 1.29 is 4.92 Å². The summed E-state index contributed by atoms with van der Waals surface area (Å²) < 4.78 is 0. The number of rotatable bonds is 4. The van der Waals surface area contributed by atoms with E-state index in [2.05, 4.69) is 0 Å². The highest BCUT2D eigenvalue weighted by molar-refractivity contribution is 6.27. The van der Waals surface area contributed by atoms with Gasteiger partial charge in [0.2, 0.25) is 0 Å². The Morgan fingerprint density at radius 2 is 2.31 bits per heavy atom. The maximum atomic E-state index is 10.8. The molecule has 0 aliphatic carbocycles. The zero-order chi connectivity index (χ0) is 12.1. The van der Waals surface area contributed by atoms with Crippen LogP contribution in [0, 0.1) is 15.5 Å². The van der Waals surface area contributed by atoms with E-state index in [9.17, 15) is 10.1 Å². The lowest BCUT2D eigenvalue weighted by Crippen LogP contribution is -2.02. The minimum atomic E-state index is -0.474. The quantitative estimate of drug-likeness (QED) is 0.495. The van der Waals surface area contributed by atoms with Crippen molar-refractivity contribution in [2.45, 2.75) is 13.3 Å². The van der Waals surface area contributed by atoms with Gasteiger partial charge in [-0.05, 0) is 12.5 Å². The van der Waals surface area contributed by atoms with E-state index in [-0.39, 0.29) is 5.69 Å². The first kappa shape index (κ1) is 12.4. The largest absolute Gasteiger partial charge is 0.305 e. The highest BCUT2D eigenvalue weighted by atomic mass is 35.5. The van der Waals surface area contributed by atoms with Crippen molar-refractivity contribution in [3.05, 3.63) is 45.0 Å². The van der Waals surface area contributed by atoms with Gasteiger partial charge in [0.25, 0.3) is 5.69 Å². The van der Waals surface area contributed by atoms with Gasteiger partial charge in [0, 0.05) is 22.9 Å². The van der Waals surface area contributed by atoms with Gasteiger partial charge < -0.3 is 5.41 Å². The average Bonchev–Trinajstić information content (AvgIpc) is 2.28. The molecule has 1 rings (SSSR count). The molecule has 0 unspecified atom stereocenters. The van der Waals surface area contributed by atoms with E-state index in [0.29, 0.717) is 23.3 Å². The summed E-state index contributed by atoms with van der Waals surface area (Å²) in [6.07, 6.45) is 1.96. The molecule has 0 heterocycles. The highest BCUT2D eigenvalue weighted by Gasteiger charge is 2.16. The molecule has 84 valence electrons. The van der Waals surface area contributed by atoms with Crippen LogP contribution >= 0.6 is 11.6 Å². The molecule has 0 atom stereocenters. The summed E-state index contributed by atoms with van der Waals surface area (Å²) in [5, 5.41) is 18.6. The summed E-state index contributed by atoms with van der Waals surface area (Å²) in [5.74, 6) is 0. The van der Waals surface area contributed by atoms with Crippen molar-refractivity contribution in [2.75, 3.05) is 0 Å². The van der Waals surface area contributed by atoms with Crippen molar-refractivity contribution >= 4 is 29.1 Å². The fraction of sp³-hybridized carbons (Fsp3) is 0.182. The molecular formula is C11H11ClN2O2. The van der Waals surface area contributed by atoms with Gasteiger partial charge in [0.15, 0.2) is 0 Å². The Kier molecular flexibility index (Phi) is 4.19. The van der Waals surface area contributed by atoms with E-state index in [0.717, 1.165) is 0 Å². The van der Waals surface area contributed by atoms with E-state index in [4.69, 9.17) is 17.0 Å². The molecule has 0 saturated carbocycles. The molecule has 0 aromatic heterocycles. The van der Waals surface area contributed by atoms with Crippen LogP contribution in [0.4, 0.5) is 5.69 Å². The monoisotopic (exact) mass is 238 g/mol. The van der Waals surface area contributed by atoms with Crippen LogP contribution in [0.3, 0.4) is 0 Å². The van der Waals surface area contributed by atoms with Crippen LogP contribution in [-0.4, -0.2) is 10.6 Å². The van der Waals surface area contributed by atoms with Crippen molar-refractivity contribution in [3.8, 4) is 0 Å². The van der Waals surface area contributed by atoms with Crippen LogP contribution in [-0.2, 0) is 0 Å². The summed E-state index contributed by atoms with van der Waals surface area (Å²) in [4.78, 5) is 10.3. The normalized spacial score (nSPS) is 10.6. The minimum absolute atomic E-state index is 0.0346. The van der Waals surface area contributed by atoms with Crippen molar-refractivity contribution in [3.63, 3.8) is 0 Å². The topological polar surface area (TPSA) is 67.0 Å². The van der Waals surface area contributed by atoms with Crippen molar-refractivity contribution in [1.82, 2.24) is 0 Å². The molecule has 4 nitrogen and oxygen atoms in total. The van der Waals surface area contributed by atoms with Gasteiger partial charge in [-0.2, -0.15) is 0 Å². The van der Waals surface area contributed by atoms with Crippen LogP contribution in [0.5, 0.6) is 0 Å². The first-order valence-corrected chi connectivity index (χ1v) is 5.17. The standard InChI is InChI=1S/C11H11ClN2O2/c1-2-10(13)8-4-3-5-11(14(15)16)9(8)6-7-12/h3-7,13H,2H2,1H3/b7-6+,13-10?. The van der Waals surface area contributed by atoms with Gasteiger partial charge in [0.05, 0.1) is 10.5 Å². The summed E-state index contributed by atoms with van der Waals surface area (Å²) in [6.45, 7) is 1.83. The van der Waals surface area contributed by atoms with Gasteiger partial charge in [0.1, 0.15) is 0 Å².